The third-order valence-corrected chi connectivity index (χ3v) is 8.92. The van der Waals surface area contributed by atoms with Crippen LogP contribution in [0.4, 0.5) is 0 Å². The van der Waals surface area contributed by atoms with Gasteiger partial charge in [0, 0.05) is 34.0 Å². The van der Waals surface area contributed by atoms with Crippen molar-refractivity contribution in [1.29, 1.82) is 0 Å². The van der Waals surface area contributed by atoms with Gasteiger partial charge in [0.25, 0.3) is 0 Å². The number of piperidine rings is 2. The zero-order valence-electron chi connectivity index (χ0n) is 24.3. The number of nitrogens with zero attached hydrogens (tertiary/aromatic N) is 5. The maximum atomic E-state index is 6.58. The quantitative estimate of drug-likeness (QED) is 0.364. The van der Waals surface area contributed by atoms with Crippen LogP contribution in [0.3, 0.4) is 0 Å². The Bertz CT molecular complexity index is 760. The molecule has 0 radical (unpaired) electrons. The standard InChI is InChI=1S/C29H52ClN5/c1-11-13-15-34-26(3,4)17-21(18-27(34,5)6)23-31-24(33-25(30)32-23)22-19-28(7,8)35(16-14-12-2)29(9,10)20-22/h21-22H,11-20H2,1-10H3. The first-order chi connectivity index (χ1) is 16.1. The molecule has 6 heteroatoms. The van der Waals surface area contributed by atoms with Gasteiger partial charge in [-0.15, -0.1) is 0 Å². The molecule has 3 heterocycles. The number of hydrogen-bond acceptors (Lipinski definition) is 5. The van der Waals surface area contributed by atoms with Gasteiger partial charge in [-0.2, -0.15) is 0 Å². The molecule has 2 aliphatic heterocycles. The second-order valence-corrected chi connectivity index (χ2v) is 14.1. The van der Waals surface area contributed by atoms with E-state index in [4.69, 9.17) is 26.6 Å². The lowest BCUT2D eigenvalue weighted by molar-refractivity contribution is -0.0396. The van der Waals surface area contributed by atoms with E-state index in [1.807, 2.05) is 0 Å². The van der Waals surface area contributed by atoms with Crippen molar-refractivity contribution >= 4 is 11.6 Å². The summed E-state index contributed by atoms with van der Waals surface area (Å²) in [5.41, 5.74) is 0.371. The van der Waals surface area contributed by atoms with E-state index in [0.29, 0.717) is 17.1 Å². The third-order valence-electron chi connectivity index (χ3n) is 8.75. The Balaban J connectivity index is 1.88. The molecule has 0 amide bonds. The van der Waals surface area contributed by atoms with Crippen molar-refractivity contribution < 1.29 is 0 Å². The molecule has 0 atom stereocenters. The van der Waals surface area contributed by atoms with Crippen LogP contribution in [0, 0.1) is 0 Å². The molecule has 1 aromatic heterocycles. The van der Waals surface area contributed by atoms with Gasteiger partial charge in [-0.05, 0) is 119 Å². The Kier molecular flexibility index (Phi) is 8.66. The van der Waals surface area contributed by atoms with Crippen molar-refractivity contribution in [3.63, 3.8) is 0 Å². The molecule has 5 nitrogen and oxygen atoms in total. The van der Waals surface area contributed by atoms with Crippen LogP contribution in [0.5, 0.6) is 0 Å². The molecule has 0 spiro atoms. The van der Waals surface area contributed by atoms with Crippen LogP contribution in [0.1, 0.15) is 144 Å². The van der Waals surface area contributed by atoms with Gasteiger partial charge in [-0.1, -0.05) is 26.7 Å². The molecule has 0 aliphatic carbocycles. The number of rotatable bonds is 8. The number of likely N-dealkylation sites (tertiary alicyclic amines) is 2. The zero-order chi connectivity index (χ0) is 26.2. The Hall–Kier alpha value is -0.780. The van der Waals surface area contributed by atoms with Crippen LogP contribution >= 0.6 is 11.6 Å². The smallest absolute Gasteiger partial charge is 0.225 e. The highest BCUT2D eigenvalue weighted by Gasteiger charge is 2.48. The number of aromatic nitrogens is 3. The van der Waals surface area contributed by atoms with Crippen LogP contribution in [0.25, 0.3) is 0 Å². The summed E-state index contributed by atoms with van der Waals surface area (Å²) in [5, 5.41) is 0.359. The zero-order valence-corrected chi connectivity index (χ0v) is 25.1. The molecule has 0 N–H and O–H groups in total. The van der Waals surface area contributed by atoms with Crippen molar-refractivity contribution in [1.82, 2.24) is 24.8 Å². The summed E-state index contributed by atoms with van der Waals surface area (Å²) in [5.74, 6) is 2.39. The second-order valence-electron chi connectivity index (χ2n) is 13.8. The molecule has 0 aromatic carbocycles. The van der Waals surface area contributed by atoms with Crippen molar-refractivity contribution in [2.24, 2.45) is 0 Å². The molecule has 2 fully saturated rings. The summed E-state index contributed by atoms with van der Waals surface area (Å²) >= 11 is 6.58. The maximum Gasteiger partial charge on any atom is 0.225 e. The molecule has 35 heavy (non-hydrogen) atoms. The summed E-state index contributed by atoms with van der Waals surface area (Å²) in [4.78, 5) is 20.0. The van der Waals surface area contributed by atoms with E-state index in [-0.39, 0.29) is 22.2 Å². The predicted molar refractivity (Wildman–Crippen MR) is 148 cm³/mol. The lowest BCUT2D eigenvalue weighted by atomic mass is 9.72. The average molecular weight is 506 g/mol. The summed E-state index contributed by atoms with van der Waals surface area (Å²) < 4.78 is 0. The largest absolute Gasteiger partial charge is 0.293 e. The number of halogens is 1. The van der Waals surface area contributed by atoms with Crippen LogP contribution in [-0.2, 0) is 0 Å². The van der Waals surface area contributed by atoms with E-state index in [2.05, 4.69) is 79.0 Å². The van der Waals surface area contributed by atoms with Crippen LogP contribution in [0.15, 0.2) is 0 Å². The first-order valence-electron chi connectivity index (χ1n) is 14.1. The first-order valence-corrected chi connectivity index (χ1v) is 14.5. The Morgan fingerprint density at radius 1 is 0.629 bits per heavy atom. The highest BCUT2D eigenvalue weighted by Crippen LogP contribution is 2.47. The van der Waals surface area contributed by atoms with Crippen molar-refractivity contribution in [2.75, 3.05) is 13.1 Å². The van der Waals surface area contributed by atoms with E-state index in [1.165, 1.54) is 25.7 Å². The molecule has 2 aliphatic rings. The van der Waals surface area contributed by atoms with Gasteiger partial charge in [0.05, 0.1) is 0 Å². The topological polar surface area (TPSA) is 45.2 Å². The molecule has 0 unspecified atom stereocenters. The lowest BCUT2D eigenvalue weighted by Gasteiger charge is -2.55. The van der Waals surface area contributed by atoms with Crippen molar-refractivity contribution in [3.05, 3.63) is 16.9 Å². The number of unbranched alkanes of at least 4 members (excludes halogenated alkanes) is 2. The van der Waals surface area contributed by atoms with Crippen molar-refractivity contribution in [2.45, 2.75) is 155 Å². The van der Waals surface area contributed by atoms with Crippen molar-refractivity contribution in [3.8, 4) is 0 Å². The first kappa shape index (κ1) is 28.8. The predicted octanol–water partition coefficient (Wildman–Crippen LogP) is 7.60. The summed E-state index contributed by atoms with van der Waals surface area (Å²) in [6, 6.07) is 0. The molecular weight excluding hydrogens is 454 g/mol. The van der Waals surface area contributed by atoms with E-state index in [9.17, 15) is 0 Å². The Morgan fingerprint density at radius 2 is 0.943 bits per heavy atom. The highest BCUT2D eigenvalue weighted by molar-refractivity contribution is 6.28. The van der Waals surface area contributed by atoms with Gasteiger partial charge in [-0.25, -0.2) is 15.0 Å². The average Bonchev–Trinajstić information content (AvgIpc) is 2.70. The van der Waals surface area contributed by atoms with Gasteiger partial charge in [0.15, 0.2) is 0 Å². The Labute approximate surface area is 220 Å². The van der Waals surface area contributed by atoms with Crippen LogP contribution in [0.2, 0.25) is 5.28 Å². The van der Waals surface area contributed by atoms with Gasteiger partial charge >= 0.3 is 0 Å². The lowest BCUT2D eigenvalue weighted by Crippen LogP contribution is -2.60. The van der Waals surface area contributed by atoms with Crippen LogP contribution < -0.4 is 0 Å². The minimum Gasteiger partial charge on any atom is -0.293 e. The minimum absolute atomic E-state index is 0.0927. The SMILES string of the molecule is CCCCN1C(C)(C)CC(c2nc(Cl)nc(C3CC(C)(C)N(CCCC)C(C)(C)C3)n2)CC1(C)C. The highest BCUT2D eigenvalue weighted by atomic mass is 35.5. The van der Waals surface area contributed by atoms with E-state index in [1.54, 1.807) is 0 Å². The van der Waals surface area contributed by atoms with E-state index < -0.39 is 0 Å². The third kappa shape index (κ3) is 6.38. The van der Waals surface area contributed by atoms with Gasteiger partial charge in [0.1, 0.15) is 11.6 Å². The monoisotopic (exact) mass is 505 g/mol. The molecule has 0 bridgehead atoms. The van der Waals surface area contributed by atoms with E-state index in [0.717, 1.165) is 50.4 Å². The summed E-state index contributed by atoms with van der Waals surface area (Å²) in [7, 11) is 0. The molecule has 3 rings (SSSR count). The number of hydrogen-bond donors (Lipinski definition) is 0. The second kappa shape index (κ2) is 10.5. The summed E-state index contributed by atoms with van der Waals surface area (Å²) in [6.07, 6.45) is 9.12. The normalized spacial score (nSPS) is 25.1. The Morgan fingerprint density at radius 3 is 1.23 bits per heavy atom. The van der Waals surface area contributed by atoms with Crippen LogP contribution in [-0.4, -0.2) is 60.0 Å². The van der Waals surface area contributed by atoms with Gasteiger partial charge in [-0.3, -0.25) is 9.80 Å². The minimum atomic E-state index is 0.0927. The molecule has 0 saturated carbocycles. The fraction of sp³-hybridized carbons (Fsp3) is 0.897. The molecule has 1 aromatic rings. The maximum absolute atomic E-state index is 6.58. The molecular formula is C29H52ClN5. The van der Waals surface area contributed by atoms with E-state index >= 15 is 0 Å². The fourth-order valence-electron chi connectivity index (χ4n) is 7.59. The molecule has 200 valence electrons. The fourth-order valence-corrected chi connectivity index (χ4v) is 7.76. The summed E-state index contributed by atoms with van der Waals surface area (Å²) in [6.45, 7) is 25.9. The molecule has 2 saturated heterocycles. The van der Waals surface area contributed by atoms with Gasteiger partial charge in [0.2, 0.25) is 5.28 Å². The van der Waals surface area contributed by atoms with Gasteiger partial charge < -0.3 is 0 Å².